The highest BCUT2D eigenvalue weighted by molar-refractivity contribution is 6.36. The first kappa shape index (κ1) is 27.0. The van der Waals surface area contributed by atoms with Crippen LogP contribution in [0.5, 0.6) is 5.75 Å². The summed E-state index contributed by atoms with van der Waals surface area (Å²) in [6.45, 7) is 2.32. The van der Waals surface area contributed by atoms with Crippen molar-refractivity contribution >= 4 is 29.1 Å². The number of halogens is 2. The summed E-state index contributed by atoms with van der Waals surface area (Å²) >= 11 is 12.3. The smallest absolute Gasteiger partial charge is 0.224 e. The van der Waals surface area contributed by atoms with E-state index in [0.717, 1.165) is 17.5 Å². The zero-order chi connectivity index (χ0) is 25.4. The summed E-state index contributed by atoms with van der Waals surface area (Å²) < 4.78 is 0. The minimum Gasteiger partial charge on any atom is -0.508 e. The Morgan fingerprint density at radius 1 is 1.00 bits per heavy atom. The van der Waals surface area contributed by atoms with Gasteiger partial charge in [-0.25, -0.2) is 0 Å². The summed E-state index contributed by atoms with van der Waals surface area (Å²) in [5.74, 6) is -0.116. The Hall–Kier alpha value is -2.61. The molecular formula is C27H30Cl2N2O4. The molecular weight excluding hydrogens is 487 g/mol. The molecule has 6 nitrogen and oxygen atoms in total. The minimum atomic E-state index is -0.773. The first-order valence-electron chi connectivity index (χ1n) is 11.4. The molecule has 3 aromatic carbocycles. The molecule has 186 valence electrons. The highest BCUT2D eigenvalue weighted by Crippen LogP contribution is 2.24. The van der Waals surface area contributed by atoms with Crippen LogP contribution in [0.4, 0.5) is 0 Å². The number of rotatable bonds is 11. The highest BCUT2D eigenvalue weighted by Gasteiger charge is 2.13. The predicted octanol–water partition coefficient (Wildman–Crippen LogP) is 4.30. The van der Waals surface area contributed by atoms with Crippen LogP contribution in [0, 0.1) is 0 Å². The van der Waals surface area contributed by atoms with E-state index in [9.17, 15) is 20.1 Å². The zero-order valence-electron chi connectivity index (χ0n) is 19.5. The van der Waals surface area contributed by atoms with Gasteiger partial charge in [0.05, 0.1) is 19.1 Å². The average molecular weight is 517 g/mol. The van der Waals surface area contributed by atoms with Crippen molar-refractivity contribution in [1.82, 2.24) is 10.6 Å². The van der Waals surface area contributed by atoms with E-state index < -0.39 is 6.10 Å². The predicted molar refractivity (Wildman–Crippen MR) is 139 cm³/mol. The minimum absolute atomic E-state index is 0.00556. The standard InChI is InChI=1S/C27H30Cl2N2O4/c1-17(30-15-26(34)20-8-9-25(33)21(13-20)16-32)10-18-4-2-5-19(11-18)12-27(35)31-14-22-23(28)6-3-7-24(22)29/h2-9,11,13,17,26,30,32-34H,10,12,14-16H2,1H3,(H,31,35)/t17?,26-/m0/s1. The molecule has 0 bridgehead atoms. The second kappa shape index (κ2) is 12.9. The maximum absolute atomic E-state index is 12.5. The highest BCUT2D eigenvalue weighted by atomic mass is 35.5. The maximum atomic E-state index is 12.5. The first-order valence-corrected chi connectivity index (χ1v) is 12.1. The molecule has 0 aliphatic heterocycles. The Kier molecular flexibility index (Phi) is 9.95. The second-order valence-corrected chi connectivity index (χ2v) is 9.36. The molecule has 0 saturated carbocycles. The van der Waals surface area contributed by atoms with Gasteiger partial charge in [0.15, 0.2) is 0 Å². The van der Waals surface area contributed by atoms with Crippen molar-refractivity contribution < 1.29 is 20.1 Å². The van der Waals surface area contributed by atoms with Crippen LogP contribution < -0.4 is 10.6 Å². The average Bonchev–Trinajstić information content (AvgIpc) is 2.82. The number of amides is 1. The summed E-state index contributed by atoms with van der Waals surface area (Å²) in [6.07, 6.45) is 0.185. The number of aliphatic hydroxyl groups is 2. The van der Waals surface area contributed by atoms with Crippen molar-refractivity contribution in [1.29, 1.82) is 0 Å². The first-order chi connectivity index (χ1) is 16.8. The Bertz CT molecular complexity index is 1140. The molecule has 0 fully saturated rings. The summed E-state index contributed by atoms with van der Waals surface area (Å²) in [5.41, 5.74) is 3.67. The Labute approximate surface area is 215 Å². The van der Waals surface area contributed by atoms with Gasteiger partial charge in [-0.3, -0.25) is 4.79 Å². The molecule has 3 aromatic rings. The summed E-state index contributed by atoms with van der Waals surface area (Å²) in [6, 6.07) is 17.9. The number of benzene rings is 3. The third-order valence-corrected chi connectivity index (χ3v) is 6.45. The van der Waals surface area contributed by atoms with Gasteiger partial charge >= 0.3 is 0 Å². The van der Waals surface area contributed by atoms with Crippen molar-refractivity contribution in [3.63, 3.8) is 0 Å². The van der Waals surface area contributed by atoms with Gasteiger partial charge in [0.25, 0.3) is 0 Å². The van der Waals surface area contributed by atoms with Crippen molar-refractivity contribution in [2.45, 2.75) is 45.1 Å². The third-order valence-electron chi connectivity index (χ3n) is 5.74. The maximum Gasteiger partial charge on any atom is 0.224 e. The van der Waals surface area contributed by atoms with Gasteiger partial charge in [0.1, 0.15) is 5.75 Å². The van der Waals surface area contributed by atoms with Gasteiger partial charge in [-0.1, -0.05) is 59.6 Å². The SMILES string of the molecule is CC(Cc1cccc(CC(=O)NCc2c(Cl)cccc2Cl)c1)NC[C@H](O)c1ccc(O)c(CO)c1. The number of carbonyl (C=O) groups excluding carboxylic acids is 1. The van der Waals surface area contributed by atoms with E-state index in [0.29, 0.717) is 33.3 Å². The van der Waals surface area contributed by atoms with Crippen LogP contribution in [0.3, 0.4) is 0 Å². The number of aliphatic hydroxyl groups excluding tert-OH is 2. The third kappa shape index (κ3) is 7.95. The Balaban J connectivity index is 1.49. The van der Waals surface area contributed by atoms with Gasteiger partial charge in [0, 0.05) is 40.3 Å². The van der Waals surface area contributed by atoms with E-state index in [2.05, 4.69) is 10.6 Å². The number of aromatic hydroxyl groups is 1. The van der Waals surface area contributed by atoms with Gasteiger partial charge in [-0.15, -0.1) is 0 Å². The molecule has 0 saturated heterocycles. The lowest BCUT2D eigenvalue weighted by Gasteiger charge is -2.18. The van der Waals surface area contributed by atoms with E-state index in [-0.39, 0.29) is 37.3 Å². The molecule has 8 heteroatoms. The van der Waals surface area contributed by atoms with Crippen LogP contribution in [-0.4, -0.2) is 33.8 Å². The summed E-state index contributed by atoms with van der Waals surface area (Å²) in [7, 11) is 0. The zero-order valence-corrected chi connectivity index (χ0v) is 21.0. The van der Waals surface area contributed by atoms with Crippen molar-refractivity contribution in [3.05, 3.63) is 98.5 Å². The molecule has 2 atom stereocenters. The number of hydrogen-bond acceptors (Lipinski definition) is 5. The lowest BCUT2D eigenvalue weighted by molar-refractivity contribution is -0.120. The van der Waals surface area contributed by atoms with E-state index >= 15 is 0 Å². The van der Waals surface area contributed by atoms with Gasteiger partial charge in [-0.2, -0.15) is 0 Å². The normalized spacial score (nSPS) is 12.8. The number of nitrogens with one attached hydrogen (secondary N) is 2. The molecule has 0 heterocycles. The van der Waals surface area contributed by atoms with Gasteiger partial charge < -0.3 is 26.0 Å². The number of phenols is 1. The quantitative estimate of drug-likeness (QED) is 0.261. The van der Waals surface area contributed by atoms with Crippen LogP contribution >= 0.6 is 23.2 Å². The van der Waals surface area contributed by atoms with Crippen LogP contribution in [0.1, 0.15) is 40.8 Å². The number of hydrogen-bond donors (Lipinski definition) is 5. The van der Waals surface area contributed by atoms with E-state index in [1.54, 1.807) is 30.3 Å². The largest absolute Gasteiger partial charge is 0.508 e. The monoisotopic (exact) mass is 516 g/mol. The molecule has 1 unspecified atom stereocenters. The molecule has 1 amide bonds. The Morgan fingerprint density at radius 3 is 2.40 bits per heavy atom. The summed E-state index contributed by atoms with van der Waals surface area (Å²) in [4.78, 5) is 12.5. The lowest BCUT2D eigenvalue weighted by Crippen LogP contribution is -2.32. The molecule has 0 radical (unpaired) electrons. The second-order valence-electron chi connectivity index (χ2n) is 8.55. The van der Waals surface area contributed by atoms with Gasteiger partial charge in [-0.05, 0) is 54.3 Å². The lowest BCUT2D eigenvalue weighted by atomic mass is 10.0. The Morgan fingerprint density at radius 2 is 1.69 bits per heavy atom. The van der Waals surface area contributed by atoms with Crippen molar-refractivity contribution in [2.75, 3.05) is 6.54 Å². The molecule has 0 spiro atoms. The van der Waals surface area contributed by atoms with E-state index in [1.165, 1.54) is 6.07 Å². The molecule has 5 N–H and O–H groups in total. The molecule has 0 aliphatic carbocycles. The fraction of sp³-hybridized carbons (Fsp3) is 0.296. The fourth-order valence-corrected chi connectivity index (χ4v) is 4.33. The van der Waals surface area contributed by atoms with Gasteiger partial charge in [0.2, 0.25) is 5.91 Å². The number of carbonyl (C=O) groups is 1. The summed E-state index contributed by atoms with van der Waals surface area (Å²) in [5, 5.41) is 36.7. The van der Waals surface area contributed by atoms with E-state index in [1.807, 2.05) is 31.2 Å². The van der Waals surface area contributed by atoms with Crippen LogP contribution in [0.2, 0.25) is 10.0 Å². The van der Waals surface area contributed by atoms with Crippen molar-refractivity contribution in [3.8, 4) is 5.75 Å². The van der Waals surface area contributed by atoms with Crippen LogP contribution in [0.15, 0.2) is 60.7 Å². The fourth-order valence-electron chi connectivity index (χ4n) is 3.80. The molecule has 0 aromatic heterocycles. The van der Waals surface area contributed by atoms with Crippen molar-refractivity contribution in [2.24, 2.45) is 0 Å². The van der Waals surface area contributed by atoms with Crippen LogP contribution in [-0.2, 0) is 30.8 Å². The van der Waals surface area contributed by atoms with E-state index in [4.69, 9.17) is 23.2 Å². The topological polar surface area (TPSA) is 102 Å². The molecule has 0 aliphatic rings. The van der Waals surface area contributed by atoms with Crippen LogP contribution in [0.25, 0.3) is 0 Å². The molecule has 35 heavy (non-hydrogen) atoms. The molecule has 3 rings (SSSR count).